The monoisotopic (exact) mass is 273 g/mol. The van der Waals surface area contributed by atoms with Crippen molar-refractivity contribution in [3.8, 4) is 0 Å². The molecule has 0 saturated carbocycles. The van der Waals surface area contributed by atoms with Crippen LogP contribution < -0.4 is 34.7 Å². The Morgan fingerprint density at radius 1 is 1.26 bits per heavy atom. The Morgan fingerprint density at radius 3 is 2.21 bits per heavy atom. The number of hydrogen-bond acceptors (Lipinski definition) is 6. The fraction of sp³-hybridized carbons (Fsp3) is 0.100. The molecule has 0 saturated heterocycles. The summed E-state index contributed by atoms with van der Waals surface area (Å²) in [5.41, 5.74) is -0.399. The Bertz CT molecular complexity index is 539. The number of benzene rings is 1. The fourth-order valence-corrected chi connectivity index (χ4v) is 0.947. The van der Waals surface area contributed by atoms with Crippen LogP contribution in [0.25, 0.3) is 0 Å². The molecule has 0 aliphatic heterocycles. The van der Waals surface area contributed by atoms with Gasteiger partial charge in [-0.1, -0.05) is 0 Å². The van der Waals surface area contributed by atoms with E-state index in [1.165, 1.54) is 19.1 Å². The van der Waals surface area contributed by atoms with E-state index in [1.807, 2.05) is 0 Å². The van der Waals surface area contributed by atoms with Crippen molar-refractivity contribution in [1.82, 2.24) is 0 Å². The molecule has 0 bridgehead atoms. The van der Waals surface area contributed by atoms with Crippen molar-refractivity contribution < 1.29 is 49.5 Å². The number of aliphatic carboxylic acids is 1. The molecule has 94 valence electrons. The average Bonchev–Trinajstić information content (AvgIpc) is 2.35. The minimum atomic E-state index is -1.28. The van der Waals surface area contributed by atoms with Gasteiger partial charge in [0.2, 0.25) is 0 Å². The van der Waals surface area contributed by atoms with Crippen LogP contribution in [0.4, 0.5) is 5.69 Å². The van der Waals surface area contributed by atoms with Crippen LogP contribution in [0.1, 0.15) is 12.5 Å². The number of nitro groups is 1. The summed E-state index contributed by atoms with van der Waals surface area (Å²) in [7, 11) is 0. The van der Waals surface area contributed by atoms with Crippen molar-refractivity contribution in [1.29, 1.82) is 0 Å². The zero-order valence-electron chi connectivity index (χ0n) is 10.2. The fourth-order valence-electron chi connectivity index (χ4n) is 0.947. The number of hydrogen-bond donors (Lipinski definition) is 1. The molecule has 0 aliphatic carbocycles. The molecule has 0 heterocycles. The van der Waals surface area contributed by atoms with Crippen LogP contribution in [0.15, 0.2) is 34.5 Å². The minimum absolute atomic E-state index is 0. The summed E-state index contributed by atoms with van der Waals surface area (Å²) in [5, 5.41) is 36.7. The zero-order chi connectivity index (χ0) is 13.7. The number of nitrogens with zero attached hydrogens (tertiary/aromatic N) is 3. The number of non-ortho nitro benzene ring substituents is 1. The van der Waals surface area contributed by atoms with Crippen LogP contribution in [0.5, 0.6) is 0 Å². The standard InChI is InChI=1S/C10H9N3O5.Na/c1-6(10(15)16)11-12-9(14)7-2-4-8(5-3-7)13(17)18;/h2-5H,1H3,(H,12,14)(H,15,16);/q;+1/p-1/b11-6+;. The Kier molecular flexibility index (Phi) is 6.91. The van der Waals surface area contributed by atoms with Gasteiger partial charge >= 0.3 is 35.5 Å². The van der Waals surface area contributed by atoms with Crippen molar-refractivity contribution in [2.75, 3.05) is 0 Å². The first-order valence-corrected chi connectivity index (χ1v) is 4.69. The van der Waals surface area contributed by atoms with E-state index in [0.29, 0.717) is 0 Å². The molecule has 1 aromatic carbocycles. The van der Waals surface area contributed by atoms with Crippen molar-refractivity contribution in [3.63, 3.8) is 0 Å². The Labute approximate surface area is 129 Å². The Morgan fingerprint density at radius 2 is 1.79 bits per heavy atom. The second kappa shape index (κ2) is 7.62. The molecule has 0 fully saturated rings. The summed E-state index contributed by atoms with van der Waals surface area (Å²) < 4.78 is 0. The van der Waals surface area contributed by atoms with Crippen molar-refractivity contribution in [2.24, 2.45) is 10.2 Å². The zero-order valence-corrected chi connectivity index (χ0v) is 12.2. The smallest absolute Gasteiger partial charge is 0.857 e. The number of carbonyl (C=O) groups is 1. The molecule has 0 unspecified atom stereocenters. The molecule has 0 aliphatic rings. The Balaban J connectivity index is 0.00000324. The van der Waals surface area contributed by atoms with Crippen LogP contribution in [-0.2, 0) is 4.79 Å². The maximum absolute atomic E-state index is 11.4. The molecule has 0 aromatic heterocycles. The van der Waals surface area contributed by atoms with E-state index < -0.39 is 16.8 Å². The molecule has 1 rings (SSSR count). The van der Waals surface area contributed by atoms with Crippen molar-refractivity contribution >= 4 is 23.3 Å². The molecule has 19 heavy (non-hydrogen) atoms. The second-order valence-corrected chi connectivity index (χ2v) is 3.20. The molecule has 0 radical (unpaired) electrons. The third kappa shape index (κ3) is 5.16. The van der Waals surface area contributed by atoms with Gasteiger partial charge < -0.3 is 10.2 Å². The first-order chi connectivity index (χ1) is 8.41. The first kappa shape index (κ1) is 17.2. The second-order valence-electron chi connectivity index (χ2n) is 3.20. The largest absolute Gasteiger partial charge is 1.00 e. The van der Waals surface area contributed by atoms with E-state index >= 15 is 0 Å². The van der Waals surface area contributed by atoms with Crippen LogP contribution in [0.3, 0.4) is 0 Å². The summed E-state index contributed by atoms with van der Waals surface area (Å²) in [5.74, 6) is -2.05. The molecule has 9 heteroatoms. The number of carboxylic acids is 1. The number of nitro benzene ring substituents is 1. The van der Waals surface area contributed by atoms with E-state index in [9.17, 15) is 20.0 Å². The normalized spacial score (nSPS) is 11.6. The van der Waals surface area contributed by atoms with E-state index in [4.69, 9.17) is 5.11 Å². The molecular formula is C10H8N3NaO5. The third-order valence-electron chi connectivity index (χ3n) is 1.93. The van der Waals surface area contributed by atoms with Gasteiger partial charge in [-0.3, -0.25) is 10.1 Å². The van der Waals surface area contributed by atoms with Gasteiger partial charge in [0.25, 0.3) is 5.69 Å². The Hall–Kier alpha value is -1.77. The number of rotatable bonds is 4. The summed E-state index contributed by atoms with van der Waals surface area (Å²) >= 11 is 0. The summed E-state index contributed by atoms with van der Waals surface area (Å²) in [6.45, 7) is 1.19. The van der Waals surface area contributed by atoms with Crippen LogP contribution >= 0.6 is 0 Å². The van der Waals surface area contributed by atoms with Crippen LogP contribution in [-0.4, -0.2) is 27.6 Å². The average molecular weight is 273 g/mol. The van der Waals surface area contributed by atoms with E-state index in [0.717, 1.165) is 12.1 Å². The maximum Gasteiger partial charge on any atom is 1.00 e. The van der Waals surface area contributed by atoms with Gasteiger partial charge in [0, 0.05) is 18.0 Å². The first-order valence-electron chi connectivity index (χ1n) is 4.69. The van der Waals surface area contributed by atoms with Crippen molar-refractivity contribution in [2.45, 2.75) is 6.92 Å². The predicted octanol–water partition coefficient (Wildman–Crippen LogP) is -2.83. The molecule has 1 N–H and O–H groups in total. The van der Waals surface area contributed by atoms with Gasteiger partial charge in [-0.2, -0.15) is 5.10 Å². The van der Waals surface area contributed by atoms with Crippen molar-refractivity contribution in [3.05, 3.63) is 39.9 Å². The summed E-state index contributed by atoms with van der Waals surface area (Å²) in [6.07, 6.45) is 0. The SMILES string of the molecule is C/C(=N\N=C([O-])c1ccc([N+](=O)[O-])cc1)C(=O)O.[Na+]. The predicted molar refractivity (Wildman–Crippen MR) is 60.4 cm³/mol. The van der Waals surface area contributed by atoms with Gasteiger partial charge in [0.1, 0.15) is 5.71 Å². The van der Waals surface area contributed by atoms with Crippen LogP contribution in [0, 0.1) is 10.1 Å². The molecule has 0 spiro atoms. The third-order valence-corrected chi connectivity index (χ3v) is 1.93. The molecule has 0 amide bonds. The summed E-state index contributed by atoms with van der Waals surface area (Å²) in [6, 6.07) is 4.73. The molecule has 1 aromatic rings. The maximum atomic E-state index is 11.4. The van der Waals surface area contributed by atoms with E-state index in [2.05, 4.69) is 10.2 Å². The molecule has 0 atom stereocenters. The number of carboxylic acid groups (broad SMARTS) is 1. The summed E-state index contributed by atoms with van der Waals surface area (Å²) in [4.78, 5) is 20.2. The van der Waals surface area contributed by atoms with Gasteiger partial charge in [-0.15, -0.1) is 5.10 Å². The quantitative estimate of drug-likeness (QED) is 0.208. The minimum Gasteiger partial charge on any atom is -0.857 e. The topological polar surface area (TPSA) is 128 Å². The van der Waals surface area contributed by atoms with Crippen LogP contribution in [0.2, 0.25) is 0 Å². The van der Waals surface area contributed by atoms with E-state index in [1.54, 1.807) is 0 Å². The van der Waals surface area contributed by atoms with Gasteiger partial charge in [-0.25, -0.2) is 4.79 Å². The van der Waals surface area contributed by atoms with E-state index in [-0.39, 0.29) is 46.5 Å². The van der Waals surface area contributed by atoms with Gasteiger partial charge in [0.05, 0.1) is 4.92 Å². The molecular weight excluding hydrogens is 265 g/mol. The molecule has 8 nitrogen and oxygen atoms in total. The van der Waals surface area contributed by atoms with Gasteiger partial charge in [-0.05, 0) is 24.6 Å². The van der Waals surface area contributed by atoms with Gasteiger partial charge in [0.15, 0.2) is 0 Å².